The van der Waals surface area contributed by atoms with E-state index in [4.69, 9.17) is 19.5 Å². The van der Waals surface area contributed by atoms with Crippen LogP contribution in [0.25, 0.3) is 0 Å². The topological polar surface area (TPSA) is 80.6 Å². The van der Waals surface area contributed by atoms with Crippen LogP contribution in [0.4, 0.5) is 0 Å². The average molecular weight is 264 g/mol. The van der Waals surface area contributed by atoms with Crippen molar-refractivity contribution in [1.29, 1.82) is 5.26 Å². The molecule has 0 aliphatic heterocycles. The van der Waals surface area contributed by atoms with Gasteiger partial charge in [0, 0.05) is 12.6 Å². The highest BCUT2D eigenvalue weighted by molar-refractivity contribution is 5.91. The maximum atomic E-state index is 10.8. The van der Waals surface area contributed by atoms with Gasteiger partial charge >= 0.3 is 5.91 Å². The van der Waals surface area contributed by atoms with Gasteiger partial charge in [-0.1, -0.05) is 0 Å². The number of nitrogens with zero attached hydrogens (tertiary/aromatic N) is 1. The fourth-order valence-electron chi connectivity index (χ4n) is 1.64. The second-order valence-electron chi connectivity index (χ2n) is 3.64. The SMILES string of the molecule is COc1cc(OC)c(OC)cc1CCNC(=O)C#N. The molecular formula is C13H16N2O4. The fourth-order valence-corrected chi connectivity index (χ4v) is 1.64. The molecule has 102 valence electrons. The zero-order valence-corrected chi connectivity index (χ0v) is 11.1. The summed E-state index contributed by atoms with van der Waals surface area (Å²) in [6.45, 7) is 0.345. The van der Waals surface area contributed by atoms with Crippen LogP contribution in [0.2, 0.25) is 0 Å². The number of carbonyl (C=O) groups is 1. The number of benzene rings is 1. The zero-order valence-electron chi connectivity index (χ0n) is 11.1. The van der Waals surface area contributed by atoms with E-state index in [9.17, 15) is 4.79 Å². The second kappa shape index (κ2) is 7.11. The molecule has 0 saturated heterocycles. The van der Waals surface area contributed by atoms with E-state index in [0.29, 0.717) is 30.2 Å². The Morgan fingerprint density at radius 1 is 1.16 bits per heavy atom. The van der Waals surface area contributed by atoms with Crippen LogP contribution in [0.3, 0.4) is 0 Å². The highest BCUT2D eigenvalue weighted by atomic mass is 16.5. The molecule has 6 heteroatoms. The summed E-state index contributed by atoms with van der Waals surface area (Å²) in [5.74, 6) is 1.15. The molecule has 1 aromatic carbocycles. The van der Waals surface area contributed by atoms with Crippen molar-refractivity contribution in [3.05, 3.63) is 17.7 Å². The van der Waals surface area contributed by atoms with Crippen LogP contribution in [0.5, 0.6) is 17.2 Å². The third kappa shape index (κ3) is 3.78. The summed E-state index contributed by atoms with van der Waals surface area (Å²) in [7, 11) is 4.65. The number of nitrogens with one attached hydrogen (secondary N) is 1. The van der Waals surface area contributed by atoms with Crippen LogP contribution in [0.1, 0.15) is 5.56 Å². The molecule has 6 nitrogen and oxygen atoms in total. The molecular weight excluding hydrogens is 248 g/mol. The first kappa shape index (κ1) is 14.6. The van der Waals surface area contributed by atoms with Crippen LogP contribution in [-0.2, 0) is 11.2 Å². The van der Waals surface area contributed by atoms with Gasteiger partial charge in [0.25, 0.3) is 0 Å². The molecule has 0 atom stereocenters. The Bertz CT molecular complexity index is 494. The molecule has 0 aliphatic carbocycles. The minimum absolute atomic E-state index is 0.345. The normalized spacial score (nSPS) is 9.37. The molecule has 0 radical (unpaired) electrons. The van der Waals surface area contributed by atoms with Crippen molar-refractivity contribution in [2.45, 2.75) is 6.42 Å². The molecule has 0 fully saturated rings. The van der Waals surface area contributed by atoms with Crippen LogP contribution >= 0.6 is 0 Å². The van der Waals surface area contributed by atoms with E-state index in [-0.39, 0.29) is 0 Å². The number of ether oxygens (including phenoxy) is 3. The number of hydrogen-bond acceptors (Lipinski definition) is 5. The van der Waals surface area contributed by atoms with Crippen molar-refractivity contribution in [2.75, 3.05) is 27.9 Å². The van der Waals surface area contributed by atoms with E-state index in [1.54, 1.807) is 33.5 Å². The largest absolute Gasteiger partial charge is 0.496 e. The summed E-state index contributed by atoms with van der Waals surface area (Å²) in [6, 6.07) is 5.01. The molecule has 1 rings (SSSR count). The van der Waals surface area contributed by atoms with Crippen LogP contribution < -0.4 is 19.5 Å². The Labute approximate surface area is 111 Å². The number of rotatable bonds is 6. The highest BCUT2D eigenvalue weighted by Gasteiger charge is 2.11. The molecule has 0 saturated carbocycles. The number of carbonyl (C=O) groups excluding carboxylic acids is 1. The lowest BCUT2D eigenvalue weighted by molar-refractivity contribution is -0.115. The number of nitriles is 1. The van der Waals surface area contributed by atoms with Gasteiger partial charge < -0.3 is 19.5 Å². The van der Waals surface area contributed by atoms with E-state index in [0.717, 1.165) is 5.56 Å². The quantitative estimate of drug-likeness (QED) is 0.772. The summed E-state index contributed by atoms with van der Waals surface area (Å²) in [5.41, 5.74) is 0.860. The molecule has 0 aliphatic rings. The Morgan fingerprint density at radius 2 is 1.74 bits per heavy atom. The summed E-state index contributed by atoms with van der Waals surface area (Å²) < 4.78 is 15.6. The zero-order chi connectivity index (χ0) is 14.3. The van der Waals surface area contributed by atoms with Gasteiger partial charge in [-0.3, -0.25) is 4.79 Å². The third-order valence-corrected chi connectivity index (χ3v) is 2.57. The van der Waals surface area contributed by atoms with Gasteiger partial charge in [0.05, 0.1) is 21.3 Å². The molecule has 19 heavy (non-hydrogen) atoms. The Kier molecular flexibility index (Phi) is 5.48. The Hall–Kier alpha value is -2.42. The fraction of sp³-hybridized carbons (Fsp3) is 0.385. The van der Waals surface area contributed by atoms with Crippen molar-refractivity contribution >= 4 is 5.91 Å². The molecule has 0 unspecified atom stereocenters. The lowest BCUT2D eigenvalue weighted by Crippen LogP contribution is -2.23. The molecule has 0 heterocycles. The molecule has 1 amide bonds. The number of hydrogen-bond donors (Lipinski definition) is 1. The maximum absolute atomic E-state index is 10.8. The first-order valence-electron chi connectivity index (χ1n) is 5.63. The lowest BCUT2D eigenvalue weighted by atomic mass is 10.1. The molecule has 0 aromatic heterocycles. The van der Waals surface area contributed by atoms with Crippen LogP contribution in [0.15, 0.2) is 12.1 Å². The van der Waals surface area contributed by atoms with Gasteiger partial charge in [-0.15, -0.1) is 0 Å². The predicted octanol–water partition coefficient (Wildman–Crippen LogP) is 0.895. The molecule has 1 aromatic rings. The summed E-state index contributed by atoms with van der Waals surface area (Å²) in [5, 5.41) is 10.8. The molecule has 0 spiro atoms. The summed E-state index contributed by atoms with van der Waals surface area (Å²) in [6.07, 6.45) is 0.525. The van der Waals surface area contributed by atoms with E-state index in [1.165, 1.54) is 6.07 Å². The van der Waals surface area contributed by atoms with Crippen molar-refractivity contribution in [2.24, 2.45) is 0 Å². The minimum atomic E-state index is -0.653. The number of methoxy groups -OCH3 is 3. The Balaban J connectivity index is 2.87. The van der Waals surface area contributed by atoms with Crippen molar-refractivity contribution in [3.8, 4) is 23.3 Å². The Morgan fingerprint density at radius 3 is 2.26 bits per heavy atom. The lowest BCUT2D eigenvalue weighted by Gasteiger charge is -2.14. The van der Waals surface area contributed by atoms with Crippen LogP contribution in [-0.4, -0.2) is 33.8 Å². The van der Waals surface area contributed by atoms with Gasteiger partial charge in [0.2, 0.25) is 0 Å². The van der Waals surface area contributed by atoms with Gasteiger partial charge in [0.1, 0.15) is 5.75 Å². The first-order valence-corrected chi connectivity index (χ1v) is 5.63. The van der Waals surface area contributed by atoms with Crippen molar-refractivity contribution in [1.82, 2.24) is 5.32 Å². The maximum Gasteiger partial charge on any atom is 0.322 e. The van der Waals surface area contributed by atoms with E-state index < -0.39 is 5.91 Å². The number of amides is 1. The summed E-state index contributed by atoms with van der Waals surface area (Å²) >= 11 is 0. The van der Waals surface area contributed by atoms with Gasteiger partial charge in [-0.05, 0) is 18.1 Å². The van der Waals surface area contributed by atoms with Gasteiger partial charge in [-0.2, -0.15) is 5.26 Å². The van der Waals surface area contributed by atoms with E-state index >= 15 is 0 Å². The molecule has 1 N–H and O–H groups in total. The minimum Gasteiger partial charge on any atom is -0.496 e. The summed E-state index contributed by atoms with van der Waals surface area (Å²) in [4.78, 5) is 10.8. The van der Waals surface area contributed by atoms with Gasteiger partial charge in [0.15, 0.2) is 17.6 Å². The van der Waals surface area contributed by atoms with E-state index in [1.807, 2.05) is 0 Å². The van der Waals surface area contributed by atoms with E-state index in [2.05, 4.69) is 5.32 Å². The monoisotopic (exact) mass is 264 g/mol. The van der Waals surface area contributed by atoms with Crippen molar-refractivity contribution in [3.63, 3.8) is 0 Å². The second-order valence-corrected chi connectivity index (χ2v) is 3.64. The smallest absolute Gasteiger partial charge is 0.322 e. The van der Waals surface area contributed by atoms with Crippen molar-refractivity contribution < 1.29 is 19.0 Å². The average Bonchev–Trinajstić information content (AvgIpc) is 2.46. The molecule has 0 bridgehead atoms. The standard InChI is InChI=1S/C13H16N2O4/c1-17-10-7-12(19-3)11(18-2)6-9(10)4-5-15-13(16)8-14/h6-7H,4-5H2,1-3H3,(H,15,16). The van der Waals surface area contributed by atoms with Gasteiger partial charge in [-0.25, -0.2) is 0 Å². The predicted molar refractivity (Wildman–Crippen MR) is 68.4 cm³/mol. The third-order valence-electron chi connectivity index (χ3n) is 2.57. The van der Waals surface area contributed by atoms with Crippen LogP contribution in [0, 0.1) is 11.3 Å². The first-order chi connectivity index (χ1) is 9.15. The highest BCUT2D eigenvalue weighted by Crippen LogP contribution is 2.34.